The van der Waals surface area contributed by atoms with Gasteiger partial charge in [-0.15, -0.1) is 24.8 Å². The molecule has 154 valence electrons. The van der Waals surface area contributed by atoms with Crippen molar-refractivity contribution in [3.05, 3.63) is 45.8 Å². The Morgan fingerprint density at radius 2 is 1.93 bits per heavy atom. The molecule has 0 amide bonds. The highest BCUT2D eigenvalue weighted by Gasteiger charge is 2.24. The van der Waals surface area contributed by atoms with Gasteiger partial charge in [0.15, 0.2) is 0 Å². The number of pyridine rings is 1. The molecule has 4 heterocycles. The maximum atomic E-state index is 13.8. The molecule has 1 N–H and O–H groups in total. The van der Waals surface area contributed by atoms with Crippen LogP contribution in [-0.2, 0) is 13.0 Å². The predicted octanol–water partition coefficient (Wildman–Crippen LogP) is 1.85. The molecule has 10 heteroatoms. The highest BCUT2D eigenvalue weighted by Crippen LogP contribution is 2.23. The van der Waals surface area contributed by atoms with E-state index in [9.17, 15) is 9.18 Å². The molecule has 4 rings (SSSR count). The average molecular weight is 431 g/mol. The average Bonchev–Trinajstić information content (AvgIpc) is 2.65. The van der Waals surface area contributed by atoms with Crippen LogP contribution in [0.4, 0.5) is 16.2 Å². The van der Waals surface area contributed by atoms with Crippen LogP contribution in [0.15, 0.2) is 23.1 Å². The first-order valence-electron chi connectivity index (χ1n) is 9.03. The van der Waals surface area contributed by atoms with Crippen molar-refractivity contribution in [2.24, 2.45) is 0 Å². The topological polar surface area (TPSA) is 68.4 Å². The number of rotatable bonds is 3. The van der Waals surface area contributed by atoms with Gasteiger partial charge in [-0.05, 0) is 25.0 Å². The predicted molar refractivity (Wildman–Crippen MR) is 113 cm³/mol. The highest BCUT2D eigenvalue weighted by atomic mass is 35.5. The lowest BCUT2D eigenvalue weighted by atomic mass is 10.1. The van der Waals surface area contributed by atoms with E-state index in [1.807, 2.05) is 7.05 Å². The molecular weight excluding hydrogens is 406 g/mol. The van der Waals surface area contributed by atoms with Gasteiger partial charge in [0.1, 0.15) is 11.6 Å². The highest BCUT2D eigenvalue weighted by molar-refractivity contribution is 5.85. The number of H-pyrrole nitrogens is 1. The summed E-state index contributed by atoms with van der Waals surface area (Å²) in [5.41, 5.74) is 1.23. The zero-order valence-corrected chi connectivity index (χ0v) is 17.4. The van der Waals surface area contributed by atoms with Crippen molar-refractivity contribution in [3.63, 3.8) is 0 Å². The van der Waals surface area contributed by atoms with Crippen LogP contribution in [0.2, 0.25) is 0 Å². The Balaban J connectivity index is 0.00000140. The largest absolute Gasteiger partial charge is 0.359 e. The van der Waals surface area contributed by atoms with Gasteiger partial charge in [0.2, 0.25) is 5.95 Å². The third-order valence-electron chi connectivity index (χ3n) is 5.14. The lowest BCUT2D eigenvalue weighted by Gasteiger charge is -2.35. The minimum atomic E-state index is -0.265. The molecule has 2 aliphatic rings. The number of hydrogen-bond donors (Lipinski definition) is 1. The Morgan fingerprint density at radius 1 is 1.18 bits per heavy atom. The van der Waals surface area contributed by atoms with Gasteiger partial charge in [-0.2, -0.15) is 4.98 Å². The zero-order chi connectivity index (χ0) is 18.1. The van der Waals surface area contributed by atoms with Crippen molar-refractivity contribution < 1.29 is 4.39 Å². The number of aromatic amines is 1. The Bertz CT molecular complexity index is 856. The summed E-state index contributed by atoms with van der Waals surface area (Å²) >= 11 is 0. The van der Waals surface area contributed by atoms with Gasteiger partial charge in [-0.3, -0.25) is 19.7 Å². The second kappa shape index (κ2) is 9.54. The molecule has 0 unspecified atom stereocenters. The number of nitrogens with one attached hydrogen (secondary N) is 1. The van der Waals surface area contributed by atoms with E-state index in [-0.39, 0.29) is 36.2 Å². The number of hydrogen-bond acceptors (Lipinski definition) is 6. The first-order valence-corrected chi connectivity index (χ1v) is 9.03. The Labute approximate surface area is 175 Å². The molecule has 0 radical (unpaired) electrons. The van der Waals surface area contributed by atoms with Crippen LogP contribution >= 0.6 is 24.8 Å². The quantitative estimate of drug-likeness (QED) is 0.801. The van der Waals surface area contributed by atoms with E-state index >= 15 is 0 Å². The SMILES string of the molecule is CN1CCCc2c1nc(N1CCN(Cc3ncccc3F)CC1)[nH]c2=O.Cl.Cl. The van der Waals surface area contributed by atoms with Crippen LogP contribution < -0.4 is 15.4 Å². The maximum absolute atomic E-state index is 13.8. The first-order chi connectivity index (χ1) is 12.6. The van der Waals surface area contributed by atoms with Gasteiger partial charge in [0, 0.05) is 52.5 Å². The Hall–Kier alpha value is -1.90. The van der Waals surface area contributed by atoms with Crippen LogP contribution in [-0.4, -0.2) is 59.6 Å². The summed E-state index contributed by atoms with van der Waals surface area (Å²) in [5.74, 6) is 1.16. The summed E-state index contributed by atoms with van der Waals surface area (Å²) in [5, 5.41) is 0. The van der Waals surface area contributed by atoms with Crippen LogP contribution in [0.1, 0.15) is 17.7 Å². The van der Waals surface area contributed by atoms with Crippen molar-refractivity contribution in [1.82, 2.24) is 19.9 Å². The smallest absolute Gasteiger partial charge is 0.257 e. The fourth-order valence-electron chi connectivity index (χ4n) is 3.63. The van der Waals surface area contributed by atoms with E-state index in [4.69, 9.17) is 4.98 Å². The Morgan fingerprint density at radius 3 is 2.64 bits per heavy atom. The molecule has 0 saturated carbocycles. The minimum absolute atomic E-state index is 0. The standard InChI is InChI=1S/C18H23FN6O.2ClH/c1-23-7-3-4-13-16(23)21-18(22-17(13)26)25-10-8-24(9-11-25)12-15-14(19)5-2-6-20-15;;/h2,5-6H,3-4,7-12H2,1H3,(H,21,22,26);2*1H. The van der Waals surface area contributed by atoms with Gasteiger partial charge in [0.25, 0.3) is 5.56 Å². The molecule has 0 spiro atoms. The number of halogens is 3. The Kier molecular flexibility index (Phi) is 7.63. The fourth-order valence-corrected chi connectivity index (χ4v) is 3.63. The summed E-state index contributed by atoms with van der Waals surface area (Å²) in [4.78, 5) is 30.5. The molecule has 2 aromatic rings. The number of aromatic nitrogens is 3. The molecule has 0 aromatic carbocycles. The maximum Gasteiger partial charge on any atom is 0.257 e. The van der Waals surface area contributed by atoms with Gasteiger partial charge in [0.05, 0.1) is 11.3 Å². The monoisotopic (exact) mass is 430 g/mol. The van der Waals surface area contributed by atoms with Crippen LogP contribution in [0.3, 0.4) is 0 Å². The number of piperazine rings is 1. The van der Waals surface area contributed by atoms with Gasteiger partial charge >= 0.3 is 0 Å². The van der Waals surface area contributed by atoms with Crippen molar-refractivity contribution in [1.29, 1.82) is 0 Å². The molecule has 28 heavy (non-hydrogen) atoms. The third-order valence-corrected chi connectivity index (χ3v) is 5.14. The first kappa shape index (κ1) is 22.4. The van der Waals surface area contributed by atoms with E-state index in [2.05, 4.69) is 24.7 Å². The number of fused-ring (bicyclic) bond motifs is 1. The van der Waals surface area contributed by atoms with E-state index < -0.39 is 0 Å². The second-order valence-electron chi connectivity index (χ2n) is 6.91. The molecule has 7 nitrogen and oxygen atoms in total. The third kappa shape index (κ3) is 4.56. The van der Waals surface area contributed by atoms with Crippen molar-refractivity contribution >= 4 is 36.6 Å². The van der Waals surface area contributed by atoms with Gasteiger partial charge < -0.3 is 9.80 Å². The van der Waals surface area contributed by atoms with E-state index in [1.165, 1.54) is 6.07 Å². The summed E-state index contributed by atoms with van der Waals surface area (Å²) in [7, 11) is 1.98. The number of anilines is 2. The lowest BCUT2D eigenvalue weighted by molar-refractivity contribution is 0.242. The molecule has 2 aliphatic heterocycles. The second-order valence-corrected chi connectivity index (χ2v) is 6.91. The van der Waals surface area contributed by atoms with Gasteiger partial charge in [-0.25, -0.2) is 4.39 Å². The van der Waals surface area contributed by atoms with Crippen LogP contribution in [0, 0.1) is 5.82 Å². The molecule has 2 aromatic heterocycles. The number of nitrogens with zero attached hydrogens (tertiary/aromatic N) is 5. The van der Waals surface area contributed by atoms with Crippen molar-refractivity contribution in [2.45, 2.75) is 19.4 Å². The normalized spacial score (nSPS) is 16.8. The van der Waals surface area contributed by atoms with Crippen molar-refractivity contribution in [3.8, 4) is 0 Å². The summed E-state index contributed by atoms with van der Waals surface area (Å²) < 4.78 is 13.8. The van der Waals surface area contributed by atoms with Gasteiger partial charge in [-0.1, -0.05) is 0 Å². The molecule has 0 aliphatic carbocycles. The van der Waals surface area contributed by atoms with E-state index in [1.54, 1.807) is 12.3 Å². The molecular formula is C18H25Cl2FN6O. The van der Waals surface area contributed by atoms with Crippen LogP contribution in [0.25, 0.3) is 0 Å². The molecule has 1 fully saturated rings. The summed E-state index contributed by atoms with van der Waals surface area (Å²) in [6.45, 7) is 4.43. The summed E-state index contributed by atoms with van der Waals surface area (Å²) in [6.07, 6.45) is 3.38. The lowest BCUT2D eigenvalue weighted by Crippen LogP contribution is -2.47. The zero-order valence-electron chi connectivity index (χ0n) is 15.7. The van der Waals surface area contributed by atoms with Crippen molar-refractivity contribution in [2.75, 3.05) is 49.6 Å². The fraction of sp³-hybridized carbons (Fsp3) is 0.500. The molecule has 0 bridgehead atoms. The molecule has 1 saturated heterocycles. The van der Waals surface area contributed by atoms with Crippen LogP contribution in [0.5, 0.6) is 0 Å². The van der Waals surface area contributed by atoms with E-state index in [0.29, 0.717) is 18.2 Å². The minimum Gasteiger partial charge on any atom is -0.359 e. The molecule has 0 atom stereocenters. The summed E-state index contributed by atoms with van der Waals surface area (Å²) in [6, 6.07) is 3.04. The van der Waals surface area contributed by atoms with E-state index in [0.717, 1.165) is 56.9 Å².